The van der Waals surface area contributed by atoms with Gasteiger partial charge in [-0.1, -0.05) is 42.8 Å². The van der Waals surface area contributed by atoms with Gasteiger partial charge in [0.25, 0.3) is 0 Å². The van der Waals surface area contributed by atoms with Gasteiger partial charge in [0, 0.05) is 5.41 Å². The summed E-state index contributed by atoms with van der Waals surface area (Å²) < 4.78 is 0. The Morgan fingerprint density at radius 3 is 2.90 bits per heavy atom. The van der Waals surface area contributed by atoms with Crippen molar-refractivity contribution in [2.75, 3.05) is 0 Å². The molecule has 3 aliphatic carbocycles. The molecule has 1 saturated carbocycles. The Labute approximate surface area is 121 Å². The van der Waals surface area contributed by atoms with E-state index in [0.29, 0.717) is 11.8 Å². The van der Waals surface area contributed by atoms with Crippen LogP contribution in [-0.2, 0) is 6.42 Å². The normalized spacial score (nSPS) is 42.0. The zero-order valence-electron chi connectivity index (χ0n) is 12.5. The predicted molar refractivity (Wildman–Crippen MR) is 81.7 cm³/mol. The number of hydrogen-bond acceptors (Lipinski definition) is 1. The van der Waals surface area contributed by atoms with E-state index in [9.17, 15) is 5.11 Å². The van der Waals surface area contributed by atoms with E-state index in [2.05, 4.69) is 44.2 Å². The van der Waals surface area contributed by atoms with Crippen LogP contribution in [-0.4, -0.2) is 11.2 Å². The van der Waals surface area contributed by atoms with Crippen LogP contribution < -0.4 is 0 Å². The molecular weight excluding hydrogens is 244 g/mol. The van der Waals surface area contributed by atoms with Crippen LogP contribution in [0.2, 0.25) is 0 Å². The van der Waals surface area contributed by atoms with Gasteiger partial charge in [0.1, 0.15) is 0 Å². The molecule has 2 unspecified atom stereocenters. The monoisotopic (exact) mass is 268 g/mol. The standard InChI is InChI=1S/C19H24O/c1-12-3-5-14-13(11-12)4-6-16-15(14)9-10-19(2)17(16)7-8-18(19)20/h3,5,7-8,11,15-18,20H,4,6,9-10H2,1-2H3/t15?,16?,17-,18-,19-/m0/s1. The van der Waals surface area contributed by atoms with Crippen LogP contribution in [0, 0.1) is 24.2 Å². The summed E-state index contributed by atoms with van der Waals surface area (Å²) in [6, 6.07) is 7.03. The number of rotatable bonds is 0. The summed E-state index contributed by atoms with van der Waals surface area (Å²) in [4.78, 5) is 0. The summed E-state index contributed by atoms with van der Waals surface area (Å²) in [6.07, 6.45) is 9.05. The molecule has 1 fully saturated rings. The first kappa shape index (κ1) is 12.6. The summed E-state index contributed by atoms with van der Waals surface area (Å²) in [5, 5.41) is 10.3. The van der Waals surface area contributed by atoms with E-state index in [1.807, 2.05) is 0 Å². The molecule has 4 rings (SSSR count). The minimum Gasteiger partial charge on any atom is -0.388 e. The maximum atomic E-state index is 10.3. The van der Waals surface area contributed by atoms with Crippen LogP contribution in [0.15, 0.2) is 30.4 Å². The smallest absolute Gasteiger partial charge is 0.0780 e. The van der Waals surface area contributed by atoms with Gasteiger partial charge in [-0.25, -0.2) is 0 Å². The molecule has 0 spiro atoms. The topological polar surface area (TPSA) is 20.2 Å². The Balaban J connectivity index is 1.73. The highest BCUT2D eigenvalue weighted by Crippen LogP contribution is 2.58. The van der Waals surface area contributed by atoms with Crippen LogP contribution in [0.3, 0.4) is 0 Å². The van der Waals surface area contributed by atoms with Gasteiger partial charge in [-0.3, -0.25) is 0 Å². The zero-order chi connectivity index (χ0) is 13.9. The van der Waals surface area contributed by atoms with Crippen LogP contribution >= 0.6 is 0 Å². The Morgan fingerprint density at radius 2 is 2.05 bits per heavy atom. The molecule has 0 radical (unpaired) electrons. The molecule has 0 heterocycles. The molecule has 1 heteroatoms. The molecule has 0 aromatic heterocycles. The molecule has 3 aliphatic rings. The fourth-order valence-electron chi connectivity index (χ4n) is 5.14. The predicted octanol–water partition coefficient (Wildman–Crippen LogP) is 3.99. The van der Waals surface area contributed by atoms with Crippen LogP contribution in [0.25, 0.3) is 0 Å². The van der Waals surface area contributed by atoms with Crippen molar-refractivity contribution in [2.24, 2.45) is 17.3 Å². The maximum Gasteiger partial charge on any atom is 0.0780 e. The number of aliphatic hydroxyl groups is 1. The van der Waals surface area contributed by atoms with Crippen molar-refractivity contribution >= 4 is 0 Å². The van der Waals surface area contributed by atoms with Crippen LogP contribution in [0.5, 0.6) is 0 Å². The summed E-state index contributed by atoms with van der Waals surface area (Å²) in [6.45, 7) is 4.49. The number of allylic oxidation sites excluding steroid dienone is 1. The molecule has 106 valence electrons. The first-order valence-corrected chi connectivity index (χ1v) is 8.05. The van der Waals surface area contributed by atoms with E-state index in [0.717, 1.165) is 12.3 Å². The third-order valence-corrected chi connectivity index (χ3v) is 6.35. The number of aliphatic hydroxyl groups excluding tert-OH is 1. The van der Waals surface area contributed by atoms with Crippen molar-refractivity contribution in [1.82, 2.24) is 0 Å². The second-order valence-corrected chi connectivity index (χ2v) is 7.41. The Hall–Kier alpha value is -1.08. The minimum atomic E-state index is -0.229. The molecular formula is C19H24O. The van der Waals surface area contributed by atoms with Crippen molar-refractivity contribution in [1.29, 1.82) is 0 Å². The van der Waals surface area contributed by atoms with Crippen molar-refractivity contribution in [3.05, 3.63) is 47.0 Å². The van der Waals surface area contributed by atoms with Crippen molar-refractivity contribution in [3.8, 4) is 0 Å². The van der Waals surface area contributed by atoms with E-state index in [1.54, 1.807) is 11.1 Å². The first-order valence-electron chi connectivity index (χ1n) is 8.05. The largest absolute Gasteiger partial charge is 0.388 e. The van der Waals surface area contributed by atoms with Gasteiger partial charge >= 0.3 is 0 Å². The van der Waals surface area contributed by atoms with Gasteiger partial charge in [0.2, 0.25) is 0 Å². The first-order chi connectivity index (χ1) is 9.59. The average molecular weight is 268 g/mol. The van der Waals surface area contributed by atoms with Crippen LogP contribution in [0.4, 0.5) is 0 Å². The van der Waals surface area contributed by atoms with Crippen molar-refractivity contribution < 1.29 is 5.11 Å². The van der Waals surface area contributed by atoms with Crippen molar-refractivity contribution in [2.45, 2.75) is 51.6 Å². The molecule has 20 heavy (non-hydrogen) atoms. The van der Waals surface area contributed by atoms with Crippen LogP contribution in [0.1, 0.15) is 48.8 Å². The molecule has 1 aromatic carbocycles. The second-order valence-electron chi connectivity index (χ2n) is 7.41. The molecule has 0 bridgehead atoms. The third kappa shape index (κ3) is 1.59. The van der Waals surface area contributed by atoms with E-state index < -0.39 is 0 Å². The van der Waals surface area contributed by atoms with Gasteiger partial charge in [0.15, 0.2) is 0 Å². The third-order valence-electron chi connectivity index (χ3n) is 6.35. The summed E-state index contributed by atoms with van der Waals surface area (Å²) in [5.74, 6) is 2.02. The number of fused-ring (bicyclic) bond motifs is 5. The lowest BCUT2D eigenvalue weighted by molar-refractivity contribution is -0.0101. The zero-order valence-corrected chi connectivity index (χ0v) is 12.5. The Bertz CT molecular complexity index is 573. The lowest BCUT2D eigenvalue weighted by atomic mass is 9.55. The Morgan fingerprint density at radius 1 is 1.20 bits per heavy atom. The van der Waals surface area contributed by atoms with Gasteiger partial charge in [-0.2, -0.15) is 0 Å². The molecule has 0 aliphatic heterocycles. The molecule has 0 amide bonds. The maximum absolute atomic E-state index is 10.3. The number of benzene rings is 1. The lowest BCUT2D eigenvalue weighted by Crippen LogP contribution is -2.44. The molecule has 0 saturated heterocycles. The molecule has 1 nitrogen and oxygen atoms in total. The summed E-state index contributed by atoms with van der Waals surface area (Å²) in [5.41, 5.74) is 4.67. The summed E-state index contributed by atoms with van der Waals surface area (Å²) in [7, 11) is 0. The molecule has 1 N–H and O–H groups in total. The van der Waals surface area contributed by atoms with E-state index in [-0.39, 0.29) is 11.5 Å². The quantitative estimate of drug-likeness (QED) is 0.705. The van der Waals surface area contributed by atoms with E-state index in [1.165, 1.54) is 24.8 Å². The van der Waals surface area contributed by atoms with Gasteiger partial charge in [-0.05, 0) is 61.5 Å². The minimum absolute atomic E-state index is 0.101. The highest BCUT2D eigenvalue weighted by atomic mass is 16.3. The molecule has 1 aromatic rings. The highest BCUT2D eigenvalue weighted by Gasteiger charge is 2.52. The number of aryl methyl sites for hydroxylation is 2. The molecule has 5 atom stereocenters. The summed E-state index contributed by atoms with van der Waals surface area (Å²) >= 11 is 0. The highest BCUT2D eigenvalue weighted by molar-refractivity contribution is 5.38. The van der Waals surface area contributed by atoms with E-state index >= 15 is 0 Å². The van der Waals surface area contributed by atoms with Gasteiger partial charge < -0.3 is 5.11 Å². The average Bonchev–Trinajstić information content (AvgIpc) is 2.74. The Kier molecular flexibility index (Phi) is 2.66. The second kappa shape index (κ2) is 4.21. The number of hydrogen-bond donors (Lipinski definition) is 1. The van der Waals surface area contributed by atoms with Crippen molar-refractivity contribution in [3.63, 3.8) is 0 Å². The van der Waals surface area contributed by atoms with E-state index in [4.69, 9.17) is 0 Å². The fourth-order valence-corrected chi connectivity index (χ4v) is 5.14. The SMILES string of the molecule is Cc1ccc2c(c1)CCC1C2CC[C@]2(C)[C@@H](O)C=C[C@@H]12. The van der Waals surface area contributed by atoms with Gasteiger partial charge in [0.05, 0.1) is 6.10 Å². The lowest BCUT2D eigenvalue weighted by Gasteiger charge is -2.50. The fraction of sp³-hybridized carbons (Fsp3) is 0.579. The van der Waals surface area contributed by atoms with Gasteiger partial charge in [-0.15, -0.1) is 0 Å².